The lowest BCUT2D eigenvalue weighted by molar-refractivity contribution is 0.435. The maximum Gasteiger partial charge on any atom is 0.246 e. The van der Waals surface area contributed by atoms with E-state index in [9.17, 15) is 8.42 Å². The monoisotopic (exact) mass is 316 g/mol. The van der Waals surface area contributed by atoms with Crippen LogP contribution in [0.3, 0.4) is 0 Å². The minimum absolute atomic E-state index is 0.331. The van der Waals surface area contributed by atoms with Crippen LogP contribution in [-0.2, 0) is 16.6 Å². The summed E-state index contributed by atoms with van der Waals surface area (Å²) >= 11 is 1.80. The molecule has 0 spiro atoms. The summed E-state index contributed by atoms with van der Waals surface area (Å²) in [5, 5.41) is 3.34. The van der Waals surface area contributed by atoms with Crippen molar-refractivity contribution in [2.75, 3.05) is 24.6 Å². The molecule has 2 aliphatic rings. The lowest BCUT2D eigenvalue weighted by atomic mass is 10.4. The molecule has 1 aromatic rings. The van der Waals surface area contributed by atoms with Crippen molar-refractivity contribution in [3.8, 4) is 0 Å². The van der Waals surface area contributed by atoms with Gasteiger partial charge in [-0.2, -0.15) is 16.1 Å². The predicted molar refractivity (Wildman–Crippen MR) is 79.4 cm³/mol. The number of hydrogen-bond acceptors (Lipinski definition) is 5. The maximum atomic E-state index is 12.6. The number of hydrogen-bond donors (Lipinski definition) is 1. The first-order chi connectivity index (χ1) is 9.57. The zero-order valence-electron chi connectivity index (χ0n) is 11.6. The molecule has 3 rings (SSSR count). The van der Waals surface area contributed by atoms with Crippen molar-refractivity contribution < 1.29 is 12.8 Å². The average molecular weight is 316 g/mol. The van der Waals surface area contributed by atoms with E-state index in [1.165, 1.54) is 12.8 Å². The van der Waals surface area contributed by atoms with Gasteiger partial charge in [0.1, 0.15) is 16.4 Å². The second-order valence-electron chi connectivity index (χ2n) is 5.30. The third-order valence-corrected chi connectivity index (χ3v) is 6.60. The second-order valence-corrected chi connectivity index (χ2v) is 8.44. The van der Waals surface area contributed by atoms with Crippen molar-refractivity contribution in [3.05, 3.63) is 17.6 Å². The van der Waals surface area contributed by atoms with Gasteiger partial charge in [-0.05, 0) is 19.8 Å². The minimum Gasteiger partial charge on any atom is -0.464 e. The Morgan fingerprint density at radius 3 is 2.75 bits per heavy atom. The van der Waals surface area contributed by atoms with Crippen molar-refractivity contribution in [2.45, 2.75) is 37.2 Å². The molecular weight excluding hydrogens is 296 g/mol. The van der Waals surface area contributed by atoms with Gasteiger partial charge in [0.15, 0.2) is 0 Å². The van der Waals surface area contributed by atoms with Crippen molar-refractivity contribution in [1.29, 1.82) is 0 Å². The standard InChI is InChI=1S/C13H20N2O3S2/c1-10-13(8-12(18-10)9-14-11-2-3-11)20(16,17)15-4-6-19-7-5-15/h8,11,14H,2-7,9H2,1H3. The Morgan fingerprint density at radius 1 is 1.40 bits per heavy atom. The molecule has 0 bridgehead atoms. The highest BCUT2D eigenvalue weighted by atomic mass is 32.2. The fraction of sp³-hybridized carbons (Fsp3) is 0.692. The molecule has 1 N–H and O–H groups in total. The molecule has 1 aliphatic carbocycles. The van der Waals surface area contributed by atoms with Crippen molar-refractivity contribution >= 4 is 21.8 Å². The number of aryl methyl sites for hydroxylation is 1. The number of nitrogens with one attached hydrogen (secondary N) is 1. The molecule has 0 unspecified atom stereocenters. The quantitative estimate of drug-likeness (QED) is 0.893. The van der Waals surface area contributed by atoms with E-state index < -0.39 is 10.0 Å². The maximum absolute atomic E-state index is 12.6. The van der Waals surface area contributed by atoms with Gasteiger partial charge in [0.25, 0.3) is 0 Å². The average Bonchev–Trinajstić information content (AvgIpc) is 3.20. The van der Waals surface area contributed by atoms with E-state index in [0.29, 0.717) is 42.1 Å². The fourth-order valence-corrected chi connectivity index (χ4v) is 5.09. The van der Waals surface area contributed by atoms with Crippen LogP contribution in [0.2, 0.25) is 0 Å². The zero-order chi connectivity index (χ0) is 14.2. The Balaban J connectivity index is 1.77. The first-order valence-corrected chi connectivity index (χ1v) is 9.57. The van der Waals surface area contributed by atoms with Gasteiger partial charge in [-0.25, -0.2) is 8.42 Å². The molecule has 2 heterocycles. The topological polar surface area (TPSA) is 62.6 Å². The van der Waals surface area contributed by atoms with Crippen LogP contribution in [0.15, 0.2) is 15.4 Å². The van der Waals surface area contributed by atoms with Gasteiger partial charge in [0.05, 0.1) is 6.54 Å². The summed E-state index contributed by atoms with van der Waals surface area (Å²) in [7, 11) is -3.40. The summed E-state index contributed by atoms with van der Waals surface area (Å²) in [6, 6.07) is 2.27. The Bertz CT molecular complexity index is 572. The van der Waals surface area contributed by atoms with E-state index >= 15 is 0 Å². The van der Waals surface area contributed by atoms with E-state index in [-0.39, 0.29) is 0 Å². The minimum atomic E-state index is -3.40. The van der Waals surface area contributed by atoms with Crippen molar-refractivity contribution in [1.82, 2.24) is 9.62 Å². The SMILES string of the molecule is Cc1oc(CNC2CC2)cc1S(=O)(=O)N1CCSCC1. The molecule has 0 radical (unpaired) electrons. The van der Waals surface area contributed by atoms with Crippen LogP contribution in [0.4, 0.5) is 0 Å². The van der Waals surface area contributed by atoms with Gasteiger partial charge in [-0.15, -0.1) is 0 Å². The predicted octanol–water partition coefficient (Wildman–Crippen LogP) is 1.58. The Kier molecular flexibility index (Phi) is 4.12. The number of nitrogens with zero attached hydrogens (tertiary/aromatic N) is 1. The third kappa shape index (κ3) is 3.05. The van der Waals surface area contributed by atoms with Gasteiger partial charge >= 0.3 is 0 Å². The van der Waals surface area contributed by atoms with Gasteiger partial charge in [0, 0.05) is 36.7 Å². The summed E-state index contributed by atoms with van der Waals surface area (Å²) in [5.74, 6) is 2.94. The zero-order valence-corrected chi connectivity index (χ0v) is 13.2. The smallest absolute Gasteiger partial charge is 0.246 e. The van der Waals surface area contributed by atoms with Crippen LogP contribution in [0.5, 0.6) is 0 Å². The van der Waals surface area contributed by atoms with Crippen LogP contribution in [0.25, 0.3) is 0 Å². The van der Waals surface area contributed by atoms with Crippen LogP contribution in [0, 0.1) is 6.92 Å². The van der Waals surface area contributed by atoms with Gasteiger partial charge < -0.3 is 9.73 Å². The summed E-state index contributed by atoms with van der Waals surface area (Å²) in [5.41, 5.74) is 0. The Labute approximate surface area is 124 Å². The second kappa shape index (κ2) is 5.71. The molecule has 20 heavy (non-hydrogen) atoms. The molecule has 0 amide bonds. The summed E-state index contributed by atoms with van der Waals surface area (Å²) in [4.78, 5) is 0.331. The Morgan fingerprint density at radius 2 is 2.10 bits per heavy atom. The highest BCUT2D eigenvalue weighted by molar-refractivity contribution is 7.99. The summed E-state index contributed by atoms with van der Waals surface area (Å²) in [6.45, 7) is 3.52. The van der Waals surface area contributed by atoms with Gasteiger partial charge in [0.2, 0.25) is 10.0 Å². The molecule has 0 aromatic carbocycles. The lowest BCUT2D eigenvalue weighted by Gasteiger charge is -2.25. The first kappa shape index (κ1) is 14.4. The van der Waals surface area contributed by atoms with E-state index in [4.69, 9.17) is 4.42 Å². The highest BCUT2D eigenvalue weighted by Crippen LogP contribution is 2.26. The van der Waals surface area contributed by atoms with E-state index in [1.54, 1.807) is 29.1 Å². The molecule has 1 saturated heterocycles. The van der Waals surface area contributed by atoms with Gasteiger partial charge in [-0.3, -0.25) is 0 Å². The molecule has 5 nitrogen and oxygen atoms in total. The molecular formula is C13H20N2O3S2. The molecule has 7 heteroatoms. The molecule has 1 saturated carbocycles. The van der Waals surface area contributed by atoms with Crippen LogP contribution >= 0.6 is 11.8 Å². The molecule has 1 aliphatic heterocycles. The third-order valence-electron chi connectivity index (χ3n) is 3.65. The highest BCUT2D eigenvalue weighted by Gasteiger charge is 2.30. The fourth-order valence-electron chi connectivity index (χ4n) is 2.33. The van der Waals surface area contributed by atoms with Crippen molar-refractivity contribution in [3.63, 3.8) is 0 Å². The van der Waals surface area contributed by atoms with Crippen LogP contribution < -0.4 is 5.32 Å². The van der Waals surface area contributed by atoms with E-state index in [2.05, 4.69) is 5.32 Å². The number of thioether (sulfide) groups is 1. The number of furan rings is 1. The summed E-state index contributed by atoms with van der Waals surface area (Å²) in [6.07, 6.45) is 2.41. The molecule has 112 valence electrons. The molecule has 0 atom stereocenters. The number of rotatable bonds is 5. The largest absolute Gasteiger partial charge is 0.464 e. The van der Waals surface area contributed by atoms with Gasteiger partial charge in [-0.1, -0.05) is 0 Å². The van der Waals surface area contributed by atoms with E-state index in [0.717, 1.165) is 11.5 Å². The normalized spacial score (nSPS) is 21.2. The van der Waals surface area contributed by atoms with Crippen LogP contribution in [-0.4, -0.2) is 43.4 Å². The van der Waals surface area contributed by atoms with Crippen molar-refractivity contribution in [2.24, 2.45) is 0 Å². The molecule has 2 fully saturated rings. The number of sulfonamides is 1. The van der Waals surface area contributed by atoms with Crippen LogP contribution in [0.1, 0.15) is 24.4 Å². The molecule has 1 aromatic heterocycles. The van der Waals surface area contributed by atoms with E-state index in [1.807, 2.05) is 0 Å². The summed E-state index contributed by atoms with van der Waals surface area (Å²) < 4.78 is 32.4. The Hall–Kier alpha value is -0.500. The lowest BCUT2D eigenvalue weighted by Crippen LogP contribution is -2.37. The first-order valence-electron chi connectivity index (χ1n) is 6.98.